The number of likely N-dealkylation sites (N-methyl/N-ethyl adjacent to an activating group) is 1. The highest BCUT2D eigenvalue weighted by atomic mass is 16.6. The highest BCUT2D eigenvalue weighted by Crippen LogP contribution is 1.93. The highest BCUT2D eigenvalue weighted by Gasteiger charge is 2.09. The fourth-order valence-corrected chi connectivity index (χ4v) is 0.813. The molecule has 0 aliphatic heterocycles. The molecule has 0 fully saturated rings. The Labute approximate surface area is 73.4 Å². The first kappa shape index (κ1) is 11.4. The molecule has 0 N–H and O–H groups in total. The zero-order chi connectivity index (χ0) is 9.56. The Morgan fingerprint density at radius 3 is 2.42 bits per heavy atom. The van der Waals surface area contributed by atoms with Gasteiger partial charge >= 0.3 is 5.97 Å². The molecule has 12 heavy (non-hydrogen) atoms. The fraction of sp³-hybridized carbons (Fsp3) is 0.875. The van der Waals surface area contributed by atoms with Gasteiger partial charge < -0.3 is 14.4 Å². The Hall–Kier alpha value is -0.610. The van der Waals surface area contributed by atoms with Gasteiger partial charge in [-0.05, 0) is 14.1 Å². The molecular weight excluding hydrogens is 158 g/mol. The third-order valence-electron chi connectivity index (χ3n) is 1.37. The summed E-state index contributed by atoms with van der Waals surface area (Å²) >= 11 is 0. The third kappa shape index (κ3) is 6.12. The number of esters is 1. The minimum Gasteiger partial charge on any atom is -0.463 e. The average Bonchev–Trinajstić information content (AvgIpc) is 1.97. The smallest absolute Gasteiger partial charge is 0.302 e. The van der Waals surface area contributed by atoms with Crippen molar-refractivity contribution in [2.24, 2.45) is 0 Å². The number of methoxy groups -OCH3 is 1. The predicted molar refractivity (Wildman–Crippen MR) is 46.0 cm³/mol. The molecule has 0 amide bonds. The molecule has 0 rings (SSSR count). The second-order valence-corrected chi connectivity index (χ2v) is 2.92. The van der Waals surface area contributed by atoms with Crippen LogP contribution in [-0.2, 0) is 14.3 Å². The van der Waals surface area contributed by atoms with Crippen LogP contribution in [0.2, 0.25) is 0 Å². The van der Waals surface area contributed by atoms with Crippen LogP contribution in [0.25, 0.3) is 0 Å². The zero-order valence-corrected chi connectivity index (χ0v) is 8.16. The molecule has 0 aromatic rings. The Morgan fingerprint density at radius 1 is 1.50 bits per heavy atom. The van der Waals surface area contributed by atoms with Gasteiger partial charge in [-0.1, -0.05) is 0 Å². The molecule has 0 aliphatic carbocycles. The van der Waals surface area contributed by atoms with Crippen LogP contribution in [0.1, 0.15) is 6.92 Å². The summed E-state index contributed by atoms with van der Waals surface area (Å²) in [5.74, 6) is -0.268. The van der Waals surface area contributed by atoms with Crippen molar-refractivity contribution >= 4 is 5.97 Å². The number of hydrogen-bond donors (Lipinski definition) is 0. The number of nitrogens with zero attached hydrogens (tertiary/aromatic N) is 1. The van der Waals surface area contributed by atoms with Gasteiger partial charge in [0.2, 0.25) is 0 Å². The van der Waals surface area contributed by atoms with E-state index in [0.29, 0.717) is 6.61 Å². The molecule has 0 saturated heterocycles. The molecule has 0 spiro atoms. The van der Waals surface area contributed by atoms with Gasteiger partial charge in [-0.15, -0.1) is 0 Å². The van der Waals surface area contributed by atoms with Crippen LogP contribution >= 0.6 is 0 Å². The van der Waals surface area contributed by atoms with Crippen LogP contribution < -0.4 is 0 Å². The van der Waals surface area contributed by atoms with E-state index in [0.717, 1.165) is 6.54 Å². The molecule has 0 radical (unpaired) electrons. The largest absolute Gasteiger partial charge is 0.463 e. The molecule has 4 heteroatoms. The normalized spacial score (nSPS) is 13.1. The number of rotatable bonds is 5. The number of carbonyl (C=O) groups excluding carboxylic acids is 1. The maximum atomic E-state index is 10.5. The van der Waals surface area contributed by atoms with E-state index in [2.05, 4.69) is 0 Å². The SMILES string of the molecule is COC(COC(C)=O)CN(C)C. The van der Waals surface area contributed by atoms with Crippen molar-refractivity contribution in [3.8, 4) is 0 Å². The molecule has 0 heterocycles. The molecule has 1 unspecified atom stereocenters. The molecule has 0 aliphatic rings. The van der Waals surface area contributed by atoms with Crippen molar-refractivity contribution in [2.45, 2.75) is 13.0 Å². The Bertz CT molecular complexity index is 136. The molecule has 72 valence electrons. The number of hydrogen-bond acceptors (Lipinski definition) is 4. The van der Waals surface area contributed by atoms with E-state index in [1.165, 1.54) is 6.92 Å². The van der Waals surface area contributed by atoms with Gasteiger partial charge in [0.1, 0.15) is 12.7 Å². The minimum absolute atomic E-state index is 0.0381. The van der Waals surface area contributed by atoms with E-state index in [1.807, 2.05) is 19.0 Å². The quantitative estimate of drug-likeness (QED) is 0.557. The van der Waals surface area contributed by atoms with Gasteiger partial charge in [0.25, 0.3) is 0 Å². The van der Waals surface area contributed by atoms with Gasteiger partial charge in [-0.25, -0.2) is 0 Å². The monoisotopic (exact) mass is 175 g/mol. The van der Waals surface area contributed by atoms with Crippen molar-refractivity contribution < 1.29 is 14.3 Å². The molecule has 0 aromatic carbocycles. The summed E-state index contributed by atoms with van der Waals surface area (Å²) in [7, 11) is 5.50. The van der Waals surface area contributed by atoms with E-state index >= 15 is 0 Å². The molecular formula is C8H17NO3. The summed E-state index contributed by atoms with van der Waals surface area (Å²) < 4.78 is 9.90. The second-order valence-electron chi connectivity index (χ2n) is 2.92. The number of carbonyl (C=O) groups is 1. The lowest BCUT2D eigenvalue weighted by atomic mass is 10.3. The van der Waals surface area contributed by atoms with Crippen LogP contribution in [0.15, 0.2) is 0 Å². The molecule has 1 atom stereocenters. The first-order chi connectivity index (χ1) is 5.56. The Balaban J connectivity index is 3.60. The van der Waals surface area contributed by atoms with Crippen LogP contribution in [0.3, 0.4) is 0 Å². The predicted octanol–water partition coefficient (Wildman–Crippen LogP) is 0.126. The minimum atomic E-state index is -0.268. The standard InChI is InChI=1S/C8H17NO3/c1-7(10)12-6-8(11-4)5-9(2)3/h8H,5-6H2,1-4H3. The topological polar surface area (TPSA) is 38.8 Å². The molecule has 4 nitrogen and oxygen atoms in total. The zero-order valence-electron chi connectivity index (χ0n) is 8.16. The molecule has 0 aromatic heterocycles. The van der Waals surface area contributed by atoms with Gasteiger partial charge in [0.05, 0.1) is 0 Å². The summed E-state index contributed by atoms with van der Waals surface area (Å²) in [6.07, 6.45) is -0.0381. The lowest BCUT2D eigenvalue weighted by molar-refractivity contribution is -0.144. The highest BCUT2D eigenvalue weighted by molar-refractivity contribution is 5.65. The van der Waals surface area contributed by atoms with Crippen LogP contribution in [0, 0.1) is 0 Å². The van der Waals surface area contributed by atoms with Gasteiger partial charge in [-0.2, -0.15) is 0 Å². The molecule has 0 bridgehead atoms. The van der Waals surface area contributed by atoms with Gasteiger partial charge in [0.15, 0.2) is 0 Å². The average molecular weight is 175 g/mol. The molecule has 0 saturated carbocycles. The van der Waals surface area contributed by atoms with Crippen molar-refractivity contribution in [2.75, 3.05) is 34.4 Å². The first-order valence-corrected chi connectivity index (χ1v) is 3.87. The van der Waals surface area contributed by atoms with E-state index in [-0.39, 0.29) is 12.1 Å². The summed E-state index contributed by atoms with van der Waals surface area (Å²) in [6, 6.07) is 0. The first-order valence-electron chi connectivity index (χ1n) is 3.87. The van der Waals surface area contributed by atoms with Crippen molar-refractivity contribution in [3.05, 3.63) is 0 Å². The fourth-order valence-electron chi connectivity index (χ4n) is 0.813. The summed E-state index contributed by atoms with van der Waals surface area (Å²) in [5, 5.41) is 0. The lowest BCUT2D eigenvalue weighted by Gasteiger charge is -2.18. The second kappa shape index (κ2) is 5.97. The van der Waals surface area contributed by atoms with Gasteiger partial charge in [-0.3, -0.25) is 4.79 Å². The van der Waals surface area contributed by atoms with Crippen molar-refractivity contribution in [3.63, 3.8) is 0 Å². The Kier molecular flexibility index (Phi) is 5.66. The van der Waals surface area contributed by atoms with Crippen LogP contribution in [0.4, 0.5) is 0 Å². The van der Waals surface area contributed by atoms with E-state index in [1.54, 1.807) is 7.11 Å². The van der Waals surface area contributed by atoms with Gasteiger partial charge in [0, 0.05) is 20.6 Å². The van der Waals surface area contributed by atoms with Crippen molar-refractivity contribution in [1.29, 1.82) is 0 Å². The number of ether oxygens (including phenoxy) is 2. The Morgan fingerprint density at radius 2 is 2.08 bits per heavy atom. The van der Waals surface area contributed by atoms with E-state index in [4.69, 9.17) is 9.47 Å². The van der Waals surface area contributed by atoms with Crippen LogP contribution in [-0.4, -0.2) is 51.3 Å². The van der Waals surface area contributed by atoms with Crippen LogP contribution in [0.5, 0.6) is 0 Å². The van der Waals surface area contributed by atoms with E-state index in [9.17, 15) is 4.79 Å². The maximum Gasteiger partial charge on any atom is 0.302 e. The summed E-state index contributed by atoms with van der Waals surface area (Å²) in [4.78, 5) is 12.4. The third-order valence-corrected chi connectivity index (χ3v) is 1.37. The summed E-state index contributed by atoms with van der Waals surface area (Å²) in [5.41, 5.74) is 0. The van der Waals surface area contributed by atoms with E-state index < -0.39 is 0 Å². The maximum absolute atomic E-state index is 10.5. The summed E-state index contributed by atoms with van der Waals surface area (Å²) in [6.45, 7) is 2.47. The van der Waals surface area contributed by atoms with Crippen molar-refractivity contribution in [1.82, 2.24) is 4.90 Å². The lowest BCUT2D eigenvalue weighted by Crippen LogP contribution is -2.31.